The zero-order valence-electron chi connectivity index (χ0n) is 8.97. The van der Waals surface area contributed by atoms with Crippen LogP contribution in [0.15, 0.2) is 48.8 Å². The lowest BCUT2D eigenvalue weighted by Gasteiger charge is -2.03. The molecule has 0 atom stereocenters. The van der Waals surface area contributed by atoms with Crippen molar-refractivity contribution < 1.29 is 4.79 Å². The van der Waals surface area contributed by atoms with Crippen LogP contribution in [-0.2, 0) is 11.2 Å². The third-order valence-electron chi connectivity index (χ3n) is 2.47. The van der Waals surface area contributed by atoms with Crippen molar-refractivity contribution in [2.24, 2.45) is 0 Å². The third kappa shape index (κ3) is 2.54. The molecule has 0 aliphatic heterocycles. The molecule has 1 aromatic carbocycles. The lowest BCUT2D eigenvalue weighted by atomic mass is 10.0. The van der Waals surface area contributed by atoms with E-state index in [2.05, 4.69) is 17.1 Å². The molecule has 0 N–H and O–H groups in total. The van der Waals surface area contributed by atoms with Crippen molar-refractivity contribution >= 4 is 6.29 Å². The fourth-order valence-electron chi connectivity index (χ4n) is 1.67. The third-order valence-corrected chi connectivity index (χ3v) is 2.47. The van der Waals surface area contributed by atoms with E-state index in [1.54, 1.807) is 6.20 Å². The number of pyridine rings is 1. The summed E-state index contributed by atoms with van der Waals surface area (Å²) in [5.41, 5.74) is 3.44. The highest BCUT2D eigenvalue weighted by Crippen LogP contribution is 2.19. The van der Waals surface area contributed by atoms with Gasteiger partial charge in [-0.3, -0.25) is 4.98 Å². The molecular formula is C14H13NO. The molecule has 16 heavy (non-hydrogen) atoms. The van der Waals surface area contributed by atoms with Crippen molar-refractivity contribution in [2.45, 2.75) is 12.8 Å². The monoisotopic (exact) mass is 211 g/mol. The first kappa shape index (κ1) is 10.6. The molecule has 0 spiro atoms. The van der Waals surface area contributed by atoms with Crippen LogP contribution >= 0.6 is 0 Å². The number of benzene rings is 1. The van der Waals surface area contributed by atoms with Crippen molar-refractivity contribution in [3.05, 3.63) is 54.4 Å². The number of aromatic nitrogens is 1. The van der Waals surface area contributed by atoms with Crippen molar-refractivity contribution in [3.63, 3.8) is 0 Å². The number of aldehydes is 1. The Morgan fingerprint density at radius 2 is 2.00 bits per heavy atom. The van der Waals surface area contributed by atoms with Gasteiger partial charge in [0.2, 0.25) is 0 Å². The van der Waals surface area contributed by atoms with Gasteiger partial charge >= 0.3 is 0 Å². The first-order valence-electron chi connectivity index (χ1n) is 5.33. The summed E-state index contributed by atoms with van der Waals surface area (Å²) in [5.74, 6) is 0. The summed E-state index contributed by atoms with van der Waals surface area (Å²) in [6.45, 7) is 0. The molecule has 0 fully saturated rings. The zero-order valence-corrected chi connectivity index (χ0v) is 8.97. The quantitative estimate of drug-likeness (QED) is 0.728. The van der Waals surface area contributed by atoms with E-state index in [9.17, 15) is 4.79 Å². The van der Waals surface area contributed by atoms with Gasteiger partial charge in [0.1, 0.15) is 6.29 Å². The van der Waals surface area contributed by atoms with Gasteiger partial charge in [-0.2, -0.15) is 0 Å². The van der Waals surface area contributed by atoms with E-state index in [4.69, 9.17) is 0 Å². The number of carbonyl (C=O) groups is 1. The second-order valence-electron chi connectivity index (χ2n) is 3.65. The smallest absolute Gasteiger partial charge is 0.120 e. The number of nitrogens with zero attached hydrogens (tertiary/aromatic N) is 1. The van der Waals surface area contributed by atoms with E-state index in [-0.39, 0.29) is 0 Å². The maximum atomic E-state index is 10.3. The maximum absolute atomic E-state index is 10.3. The topological polar surface area (TPSA) is 30.0 Å². The predicted molar refractivity (Wildman–Crippen MR) is 64.1 cm³/mol. The average Bonchev–Trinajstić information content (AvgIpc) is 2.38. The molecule has 0 aliphatic rings. The summed E-state index contributed by atoms with van der Waals surface area (Å²) in [4.78, 5) is 14.4. The average molecular weight is 211 g/mol. The first-order valence-corrected chi connectivity index (χ1v) is 5.33. The molecule has 1 heterocycles. The number of hydrogen-bond donors (Lipinski definition) is 0. The number of carbonyl (C=O) groups excluding carboxylic acids is 1. The van der Waals surface area contributed by atoms with E-state index in [0.717, 1.165) is 23.8 Å². The second kappa shape index (κ2) is 5.21. The molecule has 0 amide bonds. The van der Waals surface area contributed by atoms with Gasteiger partial charge in [0, 0.05) is 18.8 Å². The molecule has 1 aromatic heterocycles. The fourth-order valence-corrected chi connectivity index (χ4v) is 1.67. The van der Waals surface area contributed by atoms with Gasteiger partial charge in [-0.15, -0.1) is 0 Å². The SMILES string of the molecule is O=CCCc1cccc(-c2cccnc2)c1. The van der Waals surface area contributed by atoms with E-state index < -0.39 is 0 Å². The Hall–Kier alpha value is -1.96. The standard InChI is InChI=1S/C14H13NO/c16-9-3-5-12-4-1-6-13(10-12)14-7-2-8-15-11-14/h1-2,4,6-11H,3,5H2. The molecule has 0 saturated heterocycles. The van der Waals surface area contributed by atoms with Gasteiger partial charge < -0.3 is 4.79 Å². The Morgan fingerprint density at radius 3 is 2.75 bits per heavy atom. The molecule has 2 heteroatoms. The molecule has 2 nitrogen and oxygen atoms in total. The minimum atomic E-state index is 0.580. The summed E-state index contributed by atoms with van der Waals surface area (Å²) in [5, 5.41) is 0. The molecule has 2 aromatic rings. The molecule has 0 radical (unpaired) electrons. The Bertz CT molecular complexity index is 465. The van der Waals surface area contributed by atoms with Gasteiger partial charge in [-0.25, -0.2) is 0 Å². The Labute approximate surface area is 95.0 Å². The van der Waals surface area contributed by atoms with Crippen LogP contribution in [0.4, 0.5) is 0 Å². The molecule has 0 aliphatic carbocycles. The van der Waals surface area contributed by atoms with E-state index >= 15 is 0 Å². The molecular weight excluding hydrogens is 198 g/mol. The van der Waals surface area contributed by atoms with Crippen molar-refractivity contribution in [1.82, 2.24) is 4.98 Å². The summed E-state index contributed by atoms with van der Waals surface area (Å²) < 4.78 is 0. The second-order valence-corrected chi connectivity index (χ2v) is 3.65. The van der Waals surface area contributed by atoms with Gasteiger partial charge in [-0.1, -0.05) is 30.3 Å². The van der Waals surface area contributed by atoms with E-state index in [1.807, 2.05) is 30.5 Å². The highest BCUT2D eigenvalue weighted by Gasteiger charge is 1.98. The number of aryl methyl sites for hydroxylation is 1. The Balaban J connectivity index is 2.25. The van der Waals surface area contributed by atoms with Crippen LogP contribution in [-0.4, -0.2) is 11.3 Å². The van der Waals surface area contributed by atoms with Gasteiger partial charge in [0.15, 0.2) is 0 Å². The molecule has 0 bridgehead atoms. The van der Waals surface area contributed by atoms with Crippen LogP contribution < -0.4 is 0 Å². The fraction of sp³-hybridized carbons (Fsp3) is 0.143. The van der Waals surface area contributed by atoms with Crippen LogP contribution in [0.25, 0.3) is 11.1 Å². The van der Waals surface area contributed by atoms with E-state index in [0.29, 0.717) is 6.42 Å². The van der Waals surface area contributed by atoms with Crippen molar-refractivity contribution in [3.8, 4) is 11.1 Å². The molecule has 80 valence electrons. The first-order chi connectivity index (χ1) is 7.90. The summed E-state index contributed by atoms with van der Waals surface area (Å²) in [6, 6.07) is 12.2. The van der Waals surface area contributed by atoms with Crippen LogP contribution in [0.2, 0.25) is 0 Å². The summed E-state index contributed by atoms with van der Waals surface area (Å²) in [6.07, 6.45) is 5.95. The zero-order chi connectivity index (χ0) is 11.2. The largest absolute Gasteiger partial charge is 0.303 e. The lowest BCUT2D eigenvalue weighted by Crippen LogP contribution is -1.87. The number of hydrogen-bond acceptors (Lipinski definition) is 2. The highest BCUT2D eigenvalue weighted by molar-refractivity contribution is 5.63. The number of rotatable bonds is 4. The van der Waals surface area contributed by atoms with Crippen LogP contribution in [0.1, 0.15) is 12.0 Å². The minimum Gasteiger partial charge on any atom is -0.303 e. The maximum Gasteiger partial charge on any atom is 0.120 e. The molecule has 0 unspecified atom stereocenters. The Morgan fingerprint density at radius 1 is 1.12 bits per heavy atom. The molecule has 0 saturated carbocycles. The van der Waals surface area contributed by atoms with Gasteiger partial charge in [-0.05, 0) is 29.2 Å². The Kier molecular flexibility index (Phi) is 3.44. The van der Waals surface area contributed by atoms with E-state index in [1.165, 1.54) is 5.56 Å². The normalized spacial score (nSPS) is 10.0. The summed E-state index contributed by atoms with van der Waals surface area (Å²) >= 11 is 0. The molecule has 2 rings (SSSR count). The van der Waals surface area contributed by atoms with Crippen molar-refractivity contribution in [1.29, 1.82) is 0 Å². The van der Waals surface area contributed by atoms with Crippen LogP contribution in [0, 0.1) is 0 Å². The van der Waals surface area contributed by atoms with Crippen molar-refractivity contribution in [2.75, 3.05) is 0 Å². The summed E-state index contributed by atoms with van der Waals surface area (Å²) in [7, 11) is 0. The van der Waals surface area contributed by atoms with Crippen LogP contribution in [0.5, 0.6) is 0 Å². The lowest BCUT2D eigenvalue weighted by molar-refractivity contribution is -0.107. The van der Waals surface area contributed by atoms with Gasteiger partial charge in [0.25, 0.3) is 0 Å². The van der Waals surface area contributed by atoms with Gasteiger partial charge in [0.05, 0.1) is 0 Å². The minimum absolute atomic E-state index is 0.580. The highest BCUT2D eigenvalue weighted by atomic mass is 16.1. The predicted octanol–water partition coefficient (Wildman–Crippen LogP) is 2.88. The van der Waals surface area contributed by atoms with Crippen LogP contribution in [0.3, 0.4) is 0 Å².